The van der Waals surface area contributed by atoms with Gasteiger partial charge in [0, 0.05) is 19.4 Å². The van der Waals surface area contributed by atoms with Crippen molar-refractivity contribution in [2.45, 2.75) is 38.4 Å². The van der Waals surface area contributed by atoms with Crippen molar-refractivity contribution < 1.29 is 14.4 Å². The molecule has 0 radical (unpaired) electrons. The van der Waals surface area contributed by atoms with E-state index in [1.165, 1.54) is 0 Å². The number of carbonyl (C=O) groups is 3. The summed E-state index contributed by atoms with van der Waals surface area (Å²) in [5.74, 6) is -0.258. The zero-order valence-corrected chi connectivity index (χ0v) is 18.3. The molecule has 9 heteroatoms. The smallest absolute Gasteiger partial charge is 0.257 e. The fourth-order valence-electron chi connectivity index (χ4n) is 4.64. The summed E-state index contributed by atoms with van der Waals surface area (Å²) in [5, 5.41) is 7.00. The third kappa shape index (κ3) is 3.75. The van der Waals surface area contributed by atoms with Gasteiger partial charge in [0.2, 0.25) is 17.8 Å². The highest BCUT2D eigenvalue weighted by Gasteiger charge is 2.52. The Balaban J connectivity index is 1.26. The van der Waals surface area contributed by atoms with E-state index in [4.69, 9.17) is 0 Å². The van der Waals surface area contributed by atoms with Gasteiger partial charge in [0.1, 0.15) is 12.0 Å². The van der Waals surface area contributed by atoms with Crippen LogP contribution in [0, 0.1) is 0 Å². The molecule has 2 aliphatic heterocycles. The third-order valence-electron chi connectivity index (χ3n) is 6.28. The van der Waals surface area contributed by atoms with Gasteiger partial charge < -0.3 is 4.90 Å². The van der Waals surface area contributed by atoms with Gasteiger partial charge in [0.05, 0.1) is 17.8 Å². The maximum absolute atomic E-state index is 13.2. The molecule has 3 aromatic rings. The molecule has 2 aromatic carbocycles. The summed E-state index contributed by atoms with van der Waals surface area (Å²) in [7, 11) is 0. The van der Waals surface area contributed by atoms with Gasteiger partial charge in [-0.05, 0) is 31.0 Å². The van der Waals surface area contributed by atoms with Crippen LogP contribution in [0.4, 0.5) is 11.6 Å². The van der Waals surface area contributed by atoms with E-state index >= 15 is 0 Å². The van der Waals surface area contributed by atoms with Crippen molar-refractivity contribution >= 4 is 29.4 Å². The summed E-state index contributed by atoms with van der Waals surface area (Å²) >= 11 is 0. The zero-order valence-electron chi connectivity index (χ0n) is 18.3. The van der Waals surface area contributed by atoms with E-state index in [9.17, 15) is 14.4 Å². The SMILES string of the molecule is C[C@@]12CCC(=O)N1c1ccccc1C(=O)N2CCC(=O)Nc1ncn(Cc2ccccc2)n1. The average molecular weight is 444 g/mol. The van der Waals surface area contributed by atoms with Gasteiger partial charge in [-0.15, -0.1) is 5.10 Å². The lowest BCUT2D eigenvalue weighted by Crippen LogP contribution is -2.62. The molecule has 0 saturated carbocycles. The molecule has 1 saturated heterocycles. The van der Waals surface area contributed by atoms with E-state index in [1.807, 2.05) is 43.3 Å². The van der Waals surface area contributed by atoms with Crippen molar-refractivity contribution in [2.24, 2.45) is 0 Å². The van der Waals surface area contributed by atoms with Crippen LogP contribution in [0.25, 0.3) is 0 Å². The van der Waals surface area contributed by atoms with Gasteiger partial charge in [-0.3, -0.25) is 24.6 Å². The molecular formula is C24H24N6O3. The highest BCUT2D eigenvalue weighted by molar-refractivity contribution is 6.10. The van der Waals surface area contributed by atoms with Crippen LogP contribution in [-0.2, 0) is 16.1 Å². The lowest BCUT2D eigenvalue weighted by molar-refractivity contribution is -0.117. The topological polar surface area (TPSA) is 100 Å². The number of hydrogen-bond donors (Lipinski definition) is 1. The number of carbonyl (C=O) groups excluding carboxylic acids is 3. The number of para-hydroxylation sites is 1. The van der Waals surface area contributed by atoms with Crippen molar-refractivity contribution in [2.75, 3.05) is 16.8 Å². The number of fused-ring (bicyclic) bond motifs is 3. The van der Waals surface area contributed by atoms with Gasteiger partial charge in [0.15, 0.2) is 0 Å². The summed E-state index contributed by atoms with van der Waals surface area (Å²) in [4.78, 5) is 46.0. The largest absolute Gasteiger partial charge is 0.315 e. The van der Waals surface area contributed by atoms with E-state index in [-0.39, 0.29) is 36.6 Å². The normalized spacial score (nSPS) is 19.4. The fourth-order valence-corrected chi connectivity index (χ4v) is 4.64. The Bertz CT molecular complexity index is 1220. The number of anilines is 2. The average Bonchev–Trinajstić information content (AvgIpc) is 3.37. The van der Waals surface area contributed by atoms with Crippen LogP contribution in [0.2, 0.25) is 0 Å². The van der Waals surface area contributed by atoms with Crippen LogP contribution in [0.3, 0.4) is 0 Å². The maximum atomic E-state index is 13.2. The van der Waals surface area contributed by atoms with E-state index in [0.29, 0.717) is 30.6 Å². The molecule has 0 unspecified atom stereocenters. The minimum Gasteiger partial charge on any atom is -0.315 e. The van der Waals surface area contributed by atoms with Crippen molar-refractivity contribution in [1.82, 2.24) is 19.7 Å². The number of hydrogen-bond acceptors (Lipinski definition) is 5. The molecule has 168 valence electrons. The van der Waals surface area contributed by atoms with Gasteiger partial charge >= 0.3 is 0 Å². The molecule has 3 heterocycles. The van der Waals surface area contributed by atoms with E-state index in [0.717, 1.165) is 5.56 Å². The lowest BCUT2D eigenvalue weighted by Gasteiger charge is -2.48. The second kappa shape index (κ2) is 8.16. The summed E-state index contributed by atoms with van der Waals surface area (Å²) in [6.45, 7) is 2.62. The molecular weight excluding hydrogens is 420 g/mol. The molecule has 1 N–H and O–H groups in total. The predicted octanol–water partition coefficient (Wildman–Crippen LogP) is 2.65. The maximum Gasteiger partial charge on any atom is 0.257 e. The Morgan fingerprint density at radius 1 is 1.09 bits per heavy atom. The first-order chi connectivity index (χ1) is 16.0. The van der Waals surface area contributed by atoms with Gasteiger partial charge in [-0.2, -0.15) is 0 Å². The molecule has 0 aliphatic carbocycles. The Hall–Kier alpha value is -4.01. The first-order valence-electron chi connectivity index (χ1n) is 10.9. The highest BCUT2D eigenvalue weighted by atomic mass is 16.2. The second-order valence-corrected chi connectivity index (χ2v) is 8.47. The number of benzene rings is 2. The van der Waals surface area contributed by atoms with Crippen molar-refractivity contribution in [3.05, 3.63) is 72.1 Å². The van der Waals surface area contributed by atoms with E-state index in [2.05, 4.69) is 15.4 Å². The third-order valence-corrected chi connectivity index (χ3v) is 6.28. The summed E-state index contributed by atoms with van der Waals surface area (Å²) in [6, 6.07) is 17.0. The van der Waals surface area contributed by atoms with Crippen LogP contribution in [0.1, 0.15) is 42.1 Å². The standard InChI is InChI=1S/C24H24N6O3/c1-24-13-11-21(32)30(24)19-10-6-5-9-18(19)22(33)29(24)14-12-20(31)26-23-25-16-28(27-23)15-17-7-3-2-4-8-17/h2-10,16H,11-15H2,1H3,(H,26,27,31)/t24-/m0/s1. The first kappa shape index (κ1) is 20.9. The van der Waals surface area contributed by atoms with Crippen LogP contribution >= 0.6 is 0 Å². The first-order valence-corrected chi connectivity index (χ1v) is 10.9. The van der Waals surface area contributed by atoms with E-state index < -0.39 is 5.66 Å². The van der Waals surface area contributed by atoms with Crippen molar-refractivity contribution in [1.29, 1.82) is 0 Å². The molecule has 1 aromatic heterocycles. The monoisotopic (exact) mass is 444 g/mol. The molecule has 1 atom stereocenters. The van der Waals surface area contributed by atoms with E-state index in [1.54, 1.807) is 39.0 Å². The molecule has 5 rings (SSSR count). The van der Waals surface area contributed by atoms with Gasteiger partial charge in [-0.1, -0.05) is 42.5 Å². The van der Waals surface area contributed by atoms with Crippen molar-refractivity contribution in [3.8, 4) is 0 Å². The molecule has 9 nitrogen and oxygen atoms in total. The van der Waals surface area contributed by atoms with Gasteiger partial charge in [0.25, 0.3) is 5.91 Å². The molecule has 1 fully saturated rings. The molecule has 0 bridgehead atoms. The Labute approximate surface area is 191 Å². The summed E-state index contributed by atoms with van der Waals surface area (Å²) < 4.78 is 1.65. The number of rotatable bonds is 6. The van der Waals surface area contributed by atoms with Gasteiger partial charge in [-0.25, -0.2) is 9.67 Å². The fraction of sp³-hybridized carbons (Fsp3) is 0.292. The lowest BCUT2D eigenvalue weighted by atomic mass is 9.98. The number of amides is 3. The number of nitrogens with one attached hydrogen (secondary N) is 1. The predicted molar refractivity (Wildman–Crippen MR) is 121 cm³/mol. The zero-order chi connectivity index (χ0) is 23.0. The van der Waals surface area contributed by atoms with Crippen LogP contribution < -0.4 is 10.2 Å². The van der Waals surface area contributed by atoms with Crippen LogP contribution in [0.5, 0.6) is 0 Å². The Morgan fingerprint density at radius 2 is 1.85 bits per heavy atom. The Morgan fingerprint density at radius 3 is 2.67 bits per heavy atom. The highest BCUT2D eigenvalue weighted by Crippen LogP contribution is 2.43. The van der Waals surface area contributed by atoms with Crippen molar-refractivity contribution in [3.63, 3.8) is 0 Å². The number of nitrogens with zero attached hydrogens (tertiary/aromatic N) is 5. The quantitative estimate of drug-likeness (QED) is 0.630. The molecule has 0 spiro atoms. The molecule has 33 heavy (non-hydrogen) atoms. The Kier molecular flexibility index (Phi) is 5.16. The van der Waals surface area contributed by atoms with Crippen LogP contribution in [0.15, 0.2) is 60.9 Å². The number of aromatic nitrogens is 3. The minimum absolute atomic E-state index is 0.0138. The molecule has 2 aliphatic rings. The summed E-state index contributed by atoms with van der Waals surface area (Å²) in [6.07, 6.45) is 2.53. The summed E-state index contributed by atoms with van der Waals surface area (Å²) in [5.41, 5.74) is 1.42. The minimum atomic E-state index is -0.779. The molecule has 3 amide bonds. The van der Waals surface area contributed by atoms with Crippen LogP contribution in [-0.4, -0.2) is 49.6 Å². The second-order valence-electron chi connectivity index (χ2n) is 8.47.